The first-order valence-electron chi connectivity index (χ1n) is 11.1. The number of nitrogens with one attached hydrogen (secondary N) is 2. The lowest BCUT2D eigenvalue weighted by Crippen LogP contribution is -2.40. The number of fused-ring (bicyclic) bond motifs is 3. The lowest BCUT2D eigenvalue weighted by molar-refractivity contribution is -0.139. The second kappa shape index (κ2) is 10.2. The van der Waals surface area contributed by atoms with E-state index in [4.69, 9.17) is 14.4 Å². The molecule has 0 saturated carbocycles. The van der Waals surface area contributed by atoms with Crippen LogP contribution in [0.4, 0.5) is 4.79 Å². The van der Waals surface area contributed by atoms with Crippen LogP contribution in [0.1, 0.15) is 53.1 Å². The van der Waals surface area contributed by atoms with E-state index in [1.165, 1.54) is 6.07 Å². The molecule has 1 atom stereocenters. The van der Waals surface area contributed by atoms with Crippen LogP contribution in [-0.4, -0.2) is 40.9 Å². The molecule has 1 aliphatic carbocycles. The fourth-order valence-corrected chi connectivity index (χ4v) is 4.09. The van der Waals surface area contributed by atoms with Gasteiger partial charge in [0.15, 0.2) is 11.5 Å². The van der Waals surface area contributed by atoms with Gasteiger partial charge >= 0.3 is 12.1 Å². The Morgan fingerprint density at radius 3 is 2.35 bits per heavy atom. The van der Waals surface area contributed by atoms with Gasteiger partial charge in [-0.3, -0.25) is 4.79 Å². The summed E-state index contributed by atoms with van der Waals surface area (Å²) in [4.78, 5) is 35.7. The van der Waals surface area contributed by atoms with Gasteiger partial charge in [-0.1, -0.05) is 67.0 Å². The molecule has 1 aliphatic rings. The third-order valence-corrected chi connectivity index (χ3v) is 5.72. The third kappa shape index (κ3) is 4.93. The van der Waals surface area contributed by atoms with Crippen LogP contribution in [0, 0.1) is 0 Å². The Morgan fingerprint density at radius 2 is 1.74 bits per heavy atom. The van der Waals surface area contributed by atoms with Crippen molar-refractivity contribution >= 4 is 18.0 Å². The number of carboxylic acid groups (broad SMARTS) is 1. The summed E-state index contributed by atoms with van der Waals surface area (Å²) < 4.78 is 10.5. The van der Waals surface area contributed by atoms with E-state index in [0.717, 1.165) is 22.3 Å². The fourth-order valence-electron chi connectivity index (χ4n) is 4.09. The van der Waals surface area contributed by atoms with Gasteiger partial charge in [-0.05, 0) is 28.7 Å². The number of hydrogen-bond donors (Lipinski definition) is 3. The molecule has 0 bridgehead atoms. The predicted molar refractivity (Wildman–Crippen MR) is 122 cm³/mol. The van der Waals surface area contributed by atoms with E-state index < -0.39 is 24.0 Å². The zero-order valence-corrected chi connectivity index (χ0v) is 18.6. The van der Waals surface area contributed by atoms with Crippen LogP contribution in [0.2, 0.25) is 0 Å². The number of carbonyl (C=O) groups excluding carboxylic acids is 2. The van der Waals surface area contributed by atoms with E-state index >= 15 is 0 Å². The van der Waals surface area contributed by atoms with Crippen molar-refractivity contribution in [1.82, 2.24) is 15.8 Å². The molecule has 4 rings (SSSR count). The smallest absolute Gasteiger partial charge is 0.407 e. The summed E-state index contributed by atoms with van der Waals surface area (Å²) in [7, 11) is 0. The predicted octanol–water partition coefficient (Wildman–Crippen LogP) is 3.70. The molecular formula is C25H25N3O6. The van der Waals surface area contributed by atoms with Crippen molar-refractivity contribution in [3.8, 4) is 11.1 Å². The van der Waals surface area contributed by atoms with Crippen LogP contribution in [-0.2, 0) is 16.1 Å². The second-order valence-electron chi connectivity index (χ2n) is 8.01. The topological polar surface area (TPSA) is 131 Å². The molecule has 0 radical (unpaired) electrons. The number of carbonyl (C=O) groups is 3. The number of carboxylic acids is 1. The Morgan fingerprint density at radius 1 is 1.09 bits per heavy atom. The molecule has 0 spiro atoms. The molecule has 9 nitrogen and oxygen atoms in total. The molecule has 2 amide bonds. The number of aliphatic carboxylic acids is 1. The summed E-state index contributed by atoms with van der Waals surface area (Å²) in [6.07, 6.45) is 0.277. The van der Waals surface area contributed by atoms with E-state index in [1.54, 1.807) is 0 Å². The molecule has 0 aliphatic heterocycles. The molecule has 1 aromatic heterocycles. The molecule has 1 heterocycles. The number of aromatic nitrogens is 1. The Hall–Kier alpha value is -4.14. The highest BCUT2D eigenvalue weighted by Crippen LogP contribution is 2.44. The van der Waals surface area contributed by atoms with Gasteiger partial charge in [0.1, 0.15) is 12.6 Å². The summed E-state index contributed by atoms with van der Waals surface area (Å²) >= 11 is 0. The van der Waals surface area contributed by atoms with Crippen molar-refractivity contribution in [3.63, 3.8) is 0 Å². The van der Waals surface area contributed by atoms with Gasteiger partial charge in [0.05, 0.1) is 6.54 Å². The first-order valence-corrected chi connectivity index (χ1v) is 11.1. The average molecular weight is 463 g/mol. The summed E-state index contributed by atoms with van der Waals surface area (Å²) in [5.74, 6) is -1.59. The monoisotopic (exact) mass is 463 g/mol. The van der Waals surface area contributed by atoms with Gasteiger partial charge in [0, 0.05) is 12.0 Å². The van der Waals surface area contributed by atoms with Crippen LogP contribution in [0.5, 0.6) is 0 Å². The van der Waals surface area contributed by atoms with Crippen LogP contribution < -0.4 is 10.6 Å². The molecule has 0 unspecified atom stereocenters. The maximum atomic E-state index is 12.3. The highest BCUT2D eigenvalue weighted by Gasteiger charge is 2.29. The number of rotatable bonds is 9. The molecule has 176 valence electrons. The minimum atomic E-state index is -1.11. The van der Waals surface area contributed by atoms with Gasteiger partial charge < -0.3 is 25.0 Å². The number of nitrogens with zero attached hydrogens (tertiary/aromatic N) is 1. The maximum absolute atomic E-state index is 12.3. The van der Waals surface area contributed by atoms with E-state index in [1.807, 2.05) is 43.3 Å². The van der Waals surface area contributed by atoms with Crippen molar-refractivity contribution in [2.75, 3.05) is 6.61 Å². The van der Waals surface area contributed by atoms with Crippen LogP contribution in [0.15, 0.2) is 59.1 Å². The normalized spacial score (nSPS) is 13.0. The van der Waals surface area contributed by atoms with Crippen LogP contribution in [0.25, 0.3) is 11.1 Å². The quantitative estimate of drug-likeness (QED) is 0.441. The summed E-state index contributed by atoms with van der Waals surface area (Å²) in [5, 5.41) is 17.8. The summed E-state index contributed by atoms with van der Waals surface area (Å²) in [5.41, 5.74) is 4.45. The first-order chi connectivity index (χ1) is 16.5. The molecule has 3 aromatic rings. The number of hydrogen-bond acceptors (Lipinski definition) is 6. The van der Waals surface area contributed by atoms with Gasteiger partial charge in [0.2, 0.25) is 0 Å². The lowest BCUT2D eigenvalue weighted by Gasteiger charge is -2.14. The largest absolute Gasteiger partial charge is 0.480 e. The average Bonchev–Trinajstić information content (AvgIpc) is 3.44. The van der Waals surface area contributed by atoms with E-state index in [9.17, 15) is 14.4 Å². The van der Waals surface area contributed by atoms with Crippen molar-refractivity contribution in [3.05, 3.63) is 77.2 Å². The van der Waals surface area contributed by atoms with Gasteiger partial charge in [0.25, 0.3) is 5.91 Å². The van der Waals surface area contributed by atoms with Crippen molar-refractivity contribution in [1.29, 1.82) is 0 Å². The minimum absolute atomic E-state index is 0.0335. The maximum Gasteiger partial charge on any atom is 0.407 e. The highest BCUT2D eigenvalue weighted by molar-refractivity contribution is 5.94. The summed E-state index contributed by atoms with van der Waals surface area (Å²) in [6.45, 7) is 1.97. The van der Waals surface area contributed by atoms with E-state index in [2.05, 4.69) is 27.9 Å². The summed E-state index contributed by atoms with van der Waals surface area (Å²) in [6, 6.07) is 16.5. The third-order valence-electron chi connectivity index (χ3n) is 5.72. The molecule has 3 N–H and O–H groups in total. The van der Waals surface area contributed by atoms with Crippen molar-refractivity contribution in [2.45, 2.75) is 38.3 Å². The Kier molecular flexibility index (Phi) is 6.91. The Balaban J connectivity index is 1.30. The number of ether oxygens (including phenoxy) is 1. The Bertz CT molecular complexity index is 1160. The number of benzene rings is 2. The minimum Gasteiger partial charge on any atom is -0.480 e. The number of alkyl carbamates (subject to hydrolysis) is 1. The van der Waals surface area contributed by atoms with E-state index in [-0.39, 0.29) is 30.5 Å². The van der Waals surface area contributed by atoms with Crippen LogP contribution >= 0.6 is 0 Å². The molecule has 9 heteroatoms. The lowest BCUT2D eigenvalue weighted by atomic mass is 9.98. The molecule has 34 heavy (non-hydrogen) atoms. The molecule has 2 aromatic carbocycles. The van der Waals surface area contributed by atoms with Gasteiger partial charge in [-0.15, -0.1) is 0 Å². The molecule has 0 saturated heterocycles. The van der Waals surface area contributed by atoms with Crippen molar-refractivity contribution in [2.24, 2.45) is 0 Å². The van der Waals surface area contributed by atoms with Gasteiger partial charge in [-0.2, -0.15) is 0 Å². The zero-order chi connectivity index (χ0) is 24.1. The highest BCUT2D eigenvalue weighted by atomic mass is 16.5. The van der Waals surface area contributed by atoms with Crippen LogP contribution in [0.3, 0.4) is 0 Å². The standard InChI is InChI=1S/C25H25N3O6/c1-2-7-21(24(30)31)27-23(29)22-12-15(34-28-22)13-26-25(32)33-14-20-18-10-5-3-8-16(18)17-9-4-6-11-19(17)20/h3-6,8-12,20-21H,2,7,13-14H2,1H3,(H,26,32)(H,27,29)(H,30,31)/t21-/m1/s1. The SMILES string of the molecule is CCC[C@@H](NC(=O)c1cc(CNC(=O)OCC2c3ccccc3-c3ccccc32)on1)C(=O)O. The Labute approximate surface area is 196 Å². The molecule has 0 fully saturated rings. The van der Waals surface area contributed by atoms with Crippen molar-refractivity contribution < 1.29 is 28.8 Å². The van der Waals surface area contributed by atoms with E-state index in [0.29, 0.717) is 12.8 Å². The first kappa shape index (κ1) is 23.0. The number of amides is 2. The van der Waals surface area contributed by atoms with Gasteiger partial charge in [-0.25, -0.2) is 9.59 Å². The second-order valence-corrected chi connectivity index (χ2v) is 8.01. The molecular weight excluding hydrogens is 438 g/mol. The zero-order valence-electron chi connectivity index (χ0n) is 18.6. The fraction of sp³-hybridized carbons (Fsp3) is 0.280.